The highest BCUT2D eigenvalue weighted by Gasteiger charge is 2.73. The highest BCUT2D eigenvalue weighted by Crippen LogP contribution is 2.69. The molecule has 0 aliphatic heterocycles. The Morgan fingerprint density at radius 1 is 1.27 bits per heavy atom. The zero-order valence-corrected chi connectivity index (χ0v) is 19.4. The quantitative estimate of drug-likeness (QED) is 0.631. The van der Waals surface area contributed by atoms with Crippen LogP contribution in [0.15, 0.2) is 23.6 Å². The van der Waals surface area contributed by atoms with E-state index in [2.05, 4.69) is 0 Å². The third-order valence-corrected chi connectivity index (χ3v) is 9.19. The first-order valence-corrected chi connectivity index (χ1v) is 11.7. The first-order chi connectivity index (χ1) is 15.4. The predicted molar refractivity (Wildman–Crippen MR) is 113 cm³/mol. The van der Waals surface area contributed by atoms with E-state index >= 15 is 4.39 Å². The molecule has 0 bridgehead atoms. The second-order valence-electron chi connectivity index (χ2n) is 10.7. The lowest BCUT2D eigenvalue weighted by atomic mass is 9.45. The fourth-order valence-corrected chi connectivity index (χ4v) is 7.97. The first kappa shape index (κ1) is 24.2. The number of alkyl halides is 2. The van der Waals surface area contributed by atoms with Gasteiger partial charge in [-0.05, 0) is 37.2 Å². The number of hydrogen-bond acceptors (Lipinski definition) is 5. The molecule has 182 valence electrons. The summed E-state index contributed by atoms with van der Waals surface area (Å²) in [4.78, 5) is 37.3. The van der Waals surface area contributed by atoms with Gasteiger partial charge in [-0.25, -0.2) is 13.2 Å². The predicted octanol–water partition coefficient (Wildman–Crippen LogP) is 3.99. The summed E-state index contributed by atoms with van der Waals surface area (Å²) >= 11 is 0. The van der Waals surface area contributed by atoms with Crippen molar-refractivity contribution in [2.24, 2.45) is 34.5 Å². The summed E-state index contributed by atoms with van der Waals surface area (Å²) in [7, 11) is 0. The van der Waals surface area contributed by atoms with E-state index in [1.54, 1.807) is 27.7 Å². The molecular formula is C25H31F3O5. The standard InChI is InChI=1S/C25H31F3O5/c1-5-19(32)33-25(18(31)11-26)12(2)8-14-13-9-15(27)21-22(28)16(29)6-7-23(21,3)20(13)17(30)10-24(14,25)4/h6-7,12-15,17,20,30H,5,8-11H2,1-4H3/t12-,13+,14+,15+,17+,20-,23-,24+,25+/m1/s1. The van der Waals surface area contributed by atoms with Crippen LogP contribution < -0.4 is 0 Å². The molecule has 3 saturated carbocycles. The summed E-state index contributed by atoms with van der Waals surface area (Å²) in [6.45, 7) is 5.34. The Morgan fingerprint density at radius 3 is 2.55 bits per heavy atom. The molecule has 4 rings (SSSR count). The fraction of sp³-hybridized carbons (Fsp3) is 0.720. The van der Waals surface area contributed by atoms with Crippen molar-refractivity contribution in [3.63, 3.8) is 0 Å². The molecule has 0 aromatic carbocycles. The van der Waals surface area contributed by atoms with Gasteiger partial charge in [-0.2, -0.15) is 0 Å². The van der Waals surface area contributed by atoms with E-state index in [-0.39, 0.29) is 30.8 Å². The summed E-state index contributed by atoms with van der Waals surface area (Å²) in [6, 6.07) is 0. The van der Waals surface area contributed by atoms with Gasteiger partial charge in [-0.15, -0.1) is 0 Å². The van der Waals surface area contributed by atoms with Crippen LogP contribution in [0, 0.1) is 34.5 Å². The van der Waals surface area contributed by atoms with Crippen LogP contribution in [-0.2, 0) is 19.1 Å². The van der Waals surface area contributed by atoms with Gasteiger partial charge in [0, 0.05) is 34.7 Å². The van der Waals surface area contributed by atoms with Gasteiger partial charge >= 0.3 is 5.97 Å². The minimum Gasteiger partial charge on any atom is -0.450 e. The second-order valence-corrected chi connectivity index (χ2v) is 10.7. The lowest BCUT2D eigenvalue weighted by Gasteiger charge is -2.60. The Balaban J connectivity index is 1.85. The summed E-state index contributed by atoms with van der Waals surface area (Å²) in [6.07, 6.45) is -0.0120. The molecule has 0 spiro atoms. The molecule has 4 aliphatic carbocycles. The number of fused-ring (bicyclic) bond motifs is 5. The molecule has 8 heteroatoms. The molecule has 5 nitrogen and oxygen atoms in total. The van der Waals surface area contributed by atoms with Crippen LogP contribution in [0.1, 0.15) is 53.4 Å². The number of ether oxygens (including phenoxy) is 1. The number of Topliss-reactive ketones (excluding diaryl/α,β-unsaturated/α-hetero) is 1. The Morgan fingerprint density at radius 2 is 1.94 bits per heavy atom. The van der Waals surface area contributed by atoms with Gasteiger partial charge < -0.3 is 9.84 Å². The molecule has 0 aromatic rings. The molecule has 9 atom stereocenters. The van der Waals surface area contributed by atoms with Gasteiger partial charge in [-0.3, -0.25) is 14.4 Å². The maximum absolute atomic E-state index is 15.5. The van der Waals surface area contributed by atoms with Gasteiger partial charge in [-0.1, -0.05) is 33.8 Å². The minimum absolute atomic E-state index is 0.000267. The monoisotopic (exact) mass is 468 g/mol. The number of aliphatic hydroxyl groups excluding tert-OH is 1. The summed E-state index contributed by atoms with van der Waals surface area (Å²) in [5, 5.41) is 11.4. The molecule has 0 aromatic heterocycles. The zero-order chi connectivity index (χ0) is 24.5. The fourth-order valence-electron chi connectivity index (χ4n) is 7.97. The molecule has 33 heavy (non-hydrogen) atoms. The molecule has 0 radical (unpaired) electrons. The second kappa shape index (κ2) is 7.79. The summed E-state index contributed by atoms with van der Waals surface area (Å²) in [5.74, 6) is -5.46. The number of rotatable bonds is 4. The van der Waals surface area contributed by atoms with Crippen molar-refractivity contribution in [2.75, 3.05) is 6.67 Å². The van der Waals surface area contributed by atoms with Crippen molar-refractivity contribution in [1.29, 1.82) is 0 Å². The smallest absolute Gasteiger partial charge is 0.306 e. The average Bonchev–Trinajstić information content (AvgIpc) is 2.97. The van der Waals surface area contributed by atoms with E-state index in [1.165, 1.54) is 6.08 Å². The molecule has 0 amide bonds. The van der Waals surface area contributed by atoms with Crippen LogP contribution in [0.4, 0.5) is 13.2 Å². The number of ketones is 2. The van der Waals surface area contributed by atoms with Crippen LogP contribution in [0.2, 0.25) is 0 Å². The largest absolute Gasteiger partial charge is 0.450 e. The Kier molecular flexibility index (Phi) is 5.70. The zero-order valence-electron chi connectivity index (χ0n) is 19.4. The average molecular weight is 469 g/mol. The van der Waals surface area contributed by atoms with Gasteiger partial charge in [0.05, 0.1) is 6.10 Å². The number of hydrogen-bond donors (Lipinski definition) is 1. The minimum atomic E-state index is -1.77. The van der Waals surface area contributed by atoms with Crippen molar-refractivity contribution in [1.82, 2.24) is 0 Å². The summed E-state index contributed by atoms with van der Waals surface area (Å²) in [5.41, 5.74) is -4.32. The summed E-state index contributed by atoms with van der Waals surface area (Å²) < 4.78 is 49.8. The lowest BCUT2D eigenvalue weighted by molar-refractivity contribution is -0.205. The Bertz CT molecular complexity index is 960. The van der Waals surface area contributed by atoms with Gasteiger partial charge in [0.2, 0.25) is 11.6 Å². The van der Waals surface area contributed by atoms with Crippen LogP contribution in [0.3, 0.4) is 0 Å². The van der Waals surface area contributed by atoms with Crippen molar-refractivity contribution in [3.05, 3.63) is 23.6 Å². The highest BCUT2D eigenvalue weighted by molar-refractivity contribution is 6.04. The van der Waals surface area contributed by atoms with E-state index in [4.69, 9.17) is 4.74 Å². The Hall–Kier alpha value is -1.96. The van der Waals surface area contributed by atoms with E-state index in [0.29, 0.717) is 6.42 Å². The van der Waals surface area contributed by atoms with Crippen LogP contribution in [0.25, 0.3) is 0 Å². The van der Waals surface area contributed by atoms with E-state index in [1.807, 2.05) is 0 Å². The third kappa shape index (κ3) is 2.98. The van der Waals surface area contributed by atoms with E-state index in [0.717, 1.165) is 6.08 Å². The Labute approximate surface area is 191 Å². The molecular weight excluding hydrogens is 437 g/mol. The normalized spacial score (nSPS) is 46.5. The van der Waals surface area contributed by atoms with Crippen molar-refractivity contribution in [2.45, 2.75) is 71.3 Å². The number of esters is 1. The van der Waals surface area contributed by atoms with Gasteiger partial charge in [0.15, 0.2) is 18.1 Å². The number of halogens is 3. The molecule has 4 aliphatic rings. The third-order valence-electron chi connectivity index (χ3n) is 9.19. The van der Waals surface area contributed by atoms with Crippen LogP contribution in [-0.4, -0.2) is 47.2 Å². The number of carbonyl (C=O) groups is 3. The number of allylic oxidation sites excluding steroid dienone is 4. The molecule has 0 unspecified atom stereocenters. The maximum Gasteiger partial charge on any atom is 0.306 e. The van der Waals surface area contributed by atoms with Crippen molar-refractivity contribution in [3.8, 4) is 0 Å². The lowest BCUT2D eigenvalue weighted by Crippen LogP contribution is -2.64. The van der Waals surface area contributed by atoms with E-state index in [9.17, 15) is 28.3 Å². The van der Waals surface area contributed by atoms with Crippen molar-refractivity contribution < 1.29 is 37.4 Å². The van der Waals surface area contributed by atoms with Crippen LogP contribution in [0.5, 0.6) is 0 Å². The maximum atomic E-state index is 15.5. The van der Waals surface area contributed by atoms with Crippen molar-refractivity contribution >= 4 is 17.5 Å². The SMILES string of the molecule is CCC(=O)O[C@]1(C(=O)CF)[C@H](C)C[C@H]2[C@@H]3C[C@H](F)C4=C(F)C(=O)C=C[C@]4(C)[C@H]3[C@@H](O)C[C@@]21C. The van der Waals surface area contributed by atoms with E-state index < -0.39 is 76.5 Å². The molecule has 0 heterocycles. The highest BCUT2D eigenvalue weighted by atomic mass is 19.1. The van der Waals surface area contributed by atoms with Gasteiger partial charge in [0.1, 0.15) is 6.17 Å². The molecule has 0 saturated heterocycles. The van der Waals surface area contributed by atoms with Gasteiger partial charge in [0.25, 0.3) is 0 Å². The van der Waals surface area contributed by atoms with Crippen LogP contribution >= 0.6 is 0 Å². The molecule has 3 fully saturated rings. The molecule has 1 N–H and O–H groups in total. The first-order valence-electron chi connectivity index (χ1n) is 11.7. The topological polar surface area (TPSA) is 80.7 Å². The number of aliphatic hydroxyl groups is 1. The number of carbonyl (C=O) groups excluding carboxylic acids is 3.